The van der Waals surface area contributed by atoms with Crippen LogP contribution in [0.15, 0.2) is 0 Å². The number of carbonyl (C=O) groups is 1. The molecule has 1 nitrogen and oxygen atoms in total. The molecule has 0 aliphatic carbocycles. The Labute approximate surface area is 88.4 Å². The summed E-state index contributed by atoms with van der Waals surface area (Å²) in [5, 5.41) is 2.14. The van der Waals surface area contributed by atoms with Gasteiger partial charge in [0.05, 0.1) is 0 Å². The maximum absolute atomic E-state index is 10.8. The molecule has 0 aromatic carbocycles. The number of hydrogen-bond acceptors (Lipinski definition) is 3. The van der Waals surface area contributed by atoms with E-state index in [1.165, 1.54) is 37.4 Å². The molecular formula is C10H16OS2. The lowest BCUT2D eigenvalue weighted by Gasteiger charge is -2.26. The van der Waals surface area contributed by atoms with Crippen molar-refractivity contribution in [2.45, 2.75) is 43.1 Å². The van der Waals surface area contributed by atoms with Gasteiger partial charge in [0.15, 0.2) is 5.12 Å². The molecule has 0 N–H and O–H groups in total. The number of hydrogen-bond donors (Lipinski definition) is 0. The normalized spacial score (nSPS) is 37.8. The van der Waals surface area contributed by atoms with Crippen molar-refractivity contribution >= 4 is 28.6 Å². The first-order valence-electron chi connectivity index (χ1n) is 5.03. The average molecular weight is 216 g/mol. The van der Waals surface area contributed by atoms with Crippen LogP contribution in [0.2, 0.25) is 0 Å². The summed E-state index contributed by atoms with van der Waals surface area (Å²) >= 11 is 3.72. The molecule has 13 heavy (non-hydrogen) atoms. The van der Waals surface area contributed by atoms with Gasteiger partial charge >= 0.3 is 0 Å². The van der Waals surface area contributed by atoms with Crippen LogP contribution in [0.25, 0.3) is 0 Å². The molecule has 0 amide bonds. The fraction of sp³-hybridized carbons (Fsp3) is 0.900. The minimum absolute atomic E-state index is 0.283. The highest BCUT2D eigenvalue weighted by atomic mass is 32.2. The summed E-state index contributed by atoms with van der Waals surface area (Å²) in [4.78, 5) is 10.8. The molecule has 2 unspecified atom stereocenters. The molecule has 0 saturated carbocycles. The van der Waals surface area contributed by atoms with Gasteiger partial charge in [0.25, 0.3) is 0 Å². The molecule has 2 aliphatic rings. The Balaban J connectivity index is 1.78. The zero-order valence-corrected chi connectivity index (χ0v) is 9.63. The third kappa shape index (κ3) is 2.66. The van der Waals surface area contributed by atoms with Crippen molar-refractivity contribution in [3.63, 3.8) is 0 Å². The summed E-state index contributed by atoms with van der Waals surface area (Å²) in [5.41, 5.74) is 0. The lowest BCUT2D eigenvalue weighted by atomic mass is 10.0. The quantitative estimate of drug-likeness (QED) is 0.706. The van der Waals surface area contributed by atoms with E-state index >= 15 is 0 Å². The molecule has 0 aromatic rings. The molecule has 2 rings (SSSR count). The number of thioether (sulfide) groups is 2. The van der Waals surface area contributed by atoms with E-state index in [1.54, 1.807) is 6.92 Å². The van der Waals surface area contributed by atoms with Gasteiger partial charge in [-0.05, 0) is 31.6 Å². The molecule has 74 valence electrons. The van der Waals surface area contributed by atoms with Gasteiger partial charge < -0.3 is 0 Å². The molecule has 0 radical (unpaired) electrons. The van der Waals surface area contributed by atoms with Crippen molar-refractivity contribution in [2.75, 3.05) is 5.75 Å². The van der Waals surface area contributed by atoms with Gasteiger partial charge in [-0.2, -0.15) is 11.8 Å². The van der Waals surface area contributed by atoms with Gasteiger partial charge in [-0.1, -0.05) is 11.8 Å². The summed E-state index contributed by atoms with van der Waals surface area (Å²) < 4.78 is 0. The van der Waals surface area contributed by atoms with E-state index in [0.717, 1.165) is 22.2 Å². The van der Waals surface area contributed by atoms with Gasteiger partial charge in [0.2, 0.25) is 0 Å². The van der Waals surface area contributed by atoms with Crippen LogP contribution in [0.5, 0.6) is 0 Å². The first-order chi connectivity index (χ1) is 6.24. The topological polar surface area (TPSA) is 17.1 Å². The van der Waals surface area contributed by atoms with E-state index < -0.39 is 0 Å². The smallest absolute Gasteiger partial charge is 0.185 e. The van der Waals surface area contributed by atoms with E-state index in [2.05, 4.69) is 11.8 Å². The molecule has 2 bridgehead atoms. The Morgan fingerprint density at radius 1 is 1.38 bits per heavy atom. The van der Waals surface area contributed by atoms with Crippen molar-refractivity contribution in [1.82, 2.24) is 0 Å². The first-order valence-corrected chi connectivity index (χ1v) is 6.95. The van der Waals surface area contributed by atoms with E-state index in [9.17, 15) is 4.79 Å². The minimum atomic E-state index is 0.283. The van der Waals surface area contributed by atoms with Crippen LogP contribution in [0, 0.1) is 5.92 Å². The van der Waals surface area contributed by atoms with E-state index in [1.807, 2.05) is 0 Å². The number of fused-ring (bicyclic) bond motifs is 2. The molecule has 2 heterocycles. The summed E-state index contributed by atoms with van der Waals surface area (Å²) in [6.45, 7) is 1.68. The van der Waals surface area contributed by atoms with E-state index in [-0.39, 0.29) is 5.12 Å². The molecule has 0 spiro atoms. The second kappa shape index (κ2) is 4.26. The predicted octanol–water partition coefficient (Wildman–Crippen LogP) is 2.94. The second-order valence-electron chi connectivity index (χ2n) is 4.10. The van der Waals surface area contributed by atoms with Crippen molar-refractivity contribution in [3.05, 3.63) is 0 Å². The summed E-state index contributed by atoms with van der Waals surface area (Å²) in [7, 11) is 0. The highest BCUT2D eigenvalue weighted by molar-refractivity contribution is 8.13. The van der Waals surface area contributed by atoms with Crippen LogP contribution in [0.4, 0.5) is 0 Å². The lowest BCUT2D eigenvalue weighted by molar-refractivity contribution is -0.109. The molecule has 2 fully saturated rings. The van der Waals surface area contributed by atoms with Crippen LogP contribution in [0.1, 0.15) is 32.6 Å². The monoisotopic (exact) mass is 216 g/mol. The summed E-state index contributed by atoms with van der Waals surface area (Å²) in [6.07, 6.45) is 5.58. The van der Waals surface area contributed by atoms with Crippen LogP contribution in [0.3, 0.4) is 0 Å². The van der Waals surface area contributed by atoms with E-state index in [4.69, 9.17) is 0 Å². The molecule has 2 aliphatic heterocycles. The Kier molecular flexibility index (Phi) is 3.25. The Morgan fingerprint density at radius 2 is 2.00 bits per heavy atom. The third-order valence-corrected chi connectivity index (χ3v) is 5.58. The minimum Gasteiger partial charge on any atom is -0.288 e. The number of rotatable bonds is 2. The van der Waals surface area contributed by atoms with E-state index in [0.29, 0.717) is 0 Å². The van der Waals surface area contributed by atoms with Crippen LogP contribution < -0.4 is 0 Å². The summed E-state index contributed by atoms with van der Waals surface area (Å²) in [6, 6.07) is 0. The first kappa shape index (κ1) is 9.91. The van der Waals surface area contributed by atoms with Gasteiger partial charge in [-0.3, -0.25) is 4.79 Å². The zero-order valence-electron chi connectivity index (χ0n) is 7.99. The fourth-order valence-corrected chi connectivity index (χ4v) is 4.94. The molecule has 0 aromatic heterocycles. The van der Waals surface area contributed by atoms with Crippen molar-refractivity contribution in [1.29, 1.82) is 0 Å². The van der Waals surface area contributed by atoms with Gasteiger partial charge in [-0.25, -0.2) is 0 Å². The molecule has 3 heteroatoms. The number of carbonyl (C=O) groups excluding carboxylic acids is 1. The third-order valence-electron chi connectivity index (χ3n) is 2.91. The van der Waals surface area contributed by atoms with Gasteiger partial charge in [-0.15, -0.1) is 0 Å². The average Bonchev–Trinajstić information content (AvgIpc) is 2.42. The highest BCUT2D eigenvalue weighted by Crippen LogP contribution is 2.46. The Morgan fingerprint density at radius 3 is 2.54 bits per heavy atom. The van der Waals surface area contributed by atoms with Crippen molar-refractivity contribution in [2.24, 2.45) is 5.92 Å². The maximum Gasteiger partial charge on any atom is 0.185 e. The fourth-order valence-electron chi connectivity index (χ4n) is 2.34. The largest absolute Gasteiger partial charge is 0.288 e. The molecular weight excluding hydrogens is 200 g/mol. The SMILES string of the molecule is CC(=O)SCC1CC2CCC(C1)S2. The van der Waals surface area contributed by atoms with Crippen LogP contribution in [-0.2, 0) is 4.79 Å². The molecule has 2 atom stereocenters. The van der Waals surface area contributed by atoms with Crippen LogP contribution >= 0.6 is 23.5 Å². The standard InChI is InChI=1S/C10H16OS2/c1-7(11)12-6-8-4-9-2-3-10(5-8)13-9/h8-10H,2-6H2,1H3. The Bertz CT molecular complexity index is 193. The van der Waals surface area contributed by atoms with Crippen LogP contribution in [-0.4, -0.2) is 21.4 Å². The van der Waals surface area contributed by atoms with Crippen molar-refractivity contribution < 1.29 is 4.79 Å². The summed E-state index contributed by atoms with van der Waals surface area (Å²) in [5.74, 6) is 1.90. The Hall–Kier alpha value is 0.370. The maximum atomic E-state index is 10.8. The second-order valence-corrected chi connectivity index (χ2v) is 6.90. The van der Waals surface area contributed by atoms with Crippen molar-refractivity contribution in [3.8, 4) is 0 Å². The zero-order chi connectivity index (χ0) is 9.26. The van der Waals surface area contributed by atoms with Gasteiger partial charge in [0, 0.05) is 23.2 Å². The lowest BCUT2D eigenvalue weighted by Crippen LogP contribution is -2.19. The van der Waals surface area contributed by atoms with Gasteiger partial charge in [0.1, 0.15) is 0 Å². The predicted molar refractivity (Wildman–Crippen MR) is 60.3 cm³/mol. The molecule has 2 saturated heterocycles. The highest BCUT2D eigenvalue weighted by Gasteiger charge is 2.34.